The fourth-order valence-corrected chi connectivity index (χ4v) is 3.41. The molecule has 0 radical (unpaired) electrons. The second-order valence-corrected chi connectivity index (χ2v) is 8.06. The van der Waals surface area contributed by atoms with Crippen LogP contribution in [0.4, 0.5) is 0 Å². The van der Waals surface area contributed by atoms with Gasteiger partial charge in [-0.15, -0.1) is 0 Å². The summed E-state index contributed by atoms with van der Waals surface area (Å²) in [5.41, 5.74) is 2.84. The number of aliphatic hydroxyl groups is 1. The summed E-state index contributed by atoms with van der Waals surface area (Å²) in [4.78, 5) is 37.1. The zero-order valence-corrected chi connectivity index (χ0v) is 20.5. The van der Waals surface area contributed by atoms with Gasteiger partial charge in [0.1, 0.15) is 18.4 Å². The number of Topliss-reactive ketones (excluding diaryl/α,β-unsaturated/α-hetero) is 1. The second-order valence-electron chi connectivity index (χ2n) is 8.06. The van der Waals surface area contributed by atoms with Gasteiger partial charge < -0.3 is 25.8 Å². The highest BCUT2D eigenvalue weighted by atomic mass is 16.5. The van der Waals surface area contributed by atoms with E-state index in [2.05, 4.69) is 27.8 Å². The molecule has 3 aromatic carbocycles. The van der Waals surface area contributed by atoms with E-state index >= 15 is 0 Å². The smallest absolute Gasteiger partial charge is 0.251 e. The Bertz CT molecular complexity index is 1260. The van der Waals surface area contributed by atoms with Crippen LogP contribution in [0, 0.1) is 11.8 Å². The van der Waals surface area contributed by atoms with Gasteiger partial charge in [-0.05, 0) is 42.5 Å². The Balaban J connectivity index is 1.51. The molecule has 0 aliphatic rings. The number of rotatable bonds is 11. The maximum Gasteiger partial charge on any atom is 0.251 e. The van der Waals surface area contributed by atoms with Crippen molar-refractivity contribution >= 4 is 17.6 Å². The van der Waals surface area contributed by atoms with Gasteiger partial charge >= 0.3 is 0 Å². The molecule has 2 amide bonds. The van der Waals surface area contributed by atoms with E-state index in [0.29, 0.717) is 17.9 Å². The Morgan fingerprint density at radius 2 is 1.54 bits per heavy atom. The molecule has 0 heterocycles. The topological polar surface area (TPSA) is 117 Å². The van der Waals surface area contributed by atoms with Crippen LogP contribution >= 0.6 is 0 Å². The quantitative estimate of drug-likeness (QED) is 0.298. The predicted molar refractivity (Wildman–Crippen MR) is 140 cm³/mol. The normalized spacial score (nSPS) is 11.0. The van der Waals surface area contributed by atoms with Crippen LogP contribution in [0.2, 0.25) is 0 Å². The van der Waals surface area contributed by atoms with Crippen molar-refractivity contribution in [2.24, 2.45) is 0 Å². The maximum absolute atomic E-state index is 12.7. The van der Waals surface area contributed by atoms with E-state index in [9.17, 15) is 19.5 Å². The first kappa shape index (κ1) is 27.1. The molecular formula is C29H29N3O5. The number of para-hydroxylation sites is 1. The molecule has 0 aliphatic heterocycles. The van der Waals surface area contributed by atoms with Gasteiger partial charge in [-0.3, -0.25) is 14.4 Å². The van der Waals surface area contributed by atoms with Crippen LogP contribution in [0.25, 0.3) is 0 Å². The zero-order valence-electron chi connectivity index (χ0n) is 20.5. The van der Waals surface area contributed by atoms with E-state index < -0.39 is 24.3 Å². The Labute approximate surface area is 216 Å². The fraction of sp³-hybridized carbons (Fsp3) is 0.207. The van der Waals surface area contributed by atoms with Crippen molar-refractivity contribution in [3.8, 4) is 17.6 Å². The molecule has 0 bridgehead atoms. The highest BCUT2D eigenvalue weighted by Gasteiger charge is 2.21. The Hall–Kier alpha value is -4.45. The minimum absolute atomic E-state index is 0.00247. The molecule has 0 saturated carbocycles. The van der Waals surface area contributed by atoms with Crippen LogP contribution in [0.1, 0.15) is 27.0 Å². The summed E-state index contributed by atoms with van der Waals surface area (Å²) in [5.74, 6) is 5.32. The average molecular weight is 500 g/mol. The van der Waals surface area contributed by atoms with Crippen molar-refractivity contribution < 1.29 is 24.2 Å². The number of carbonyl (C=O) groups is 3. The van der Waals surface area contributed by atoms with Crippen LogP contribution in [0.15, 0.2) is 78.9 Å². The Morgan fingerprint density at radius 1 is 0.892 bits per heavy atom. The Kier molecular flexibility index (Phi) is 10.4. The standard InChI is InChI=1S/C29H29N3O5/c1-37-27-10-6-5-9-24(27)17-30-19-28(35)31-18-25(26(34)20-33)32-29(36)23-15-13-22(14-16-23)12-11-21-7-3-2-4-8-21/h2-10,13-16,25,30,33H,17-20H2,1H3,(H,31,35)(H,32,36)/t25-/m0/s1. The number of benzene rings is 3. The summed E-state index contributed by atoms with van der Waals surface area (Å²) in [6.45, 7) is -0.502. The summed E-state index contributed by atoms with van der Waals surface area (Å²) in [7, 11) is 1.58. The number of hydrogen-bond acceptors (Lipinski definition) is 6. The van der Waals surface area contributed by atoms with Gasteiger partial charge in [-0.1, -0.05) is 48.2 Å². The second kappa shape index (κ2) is 14.2. The molecule has 37 heavy (non-hydrogen) atoms. The lowest BCUT2D eigenvalue weighted by atomic mass is 10.1. The summed E-state index contributed by atoms with van der Waals surface area (Å²) >= 11 is 0. The molecule has 3 aromatic rings. The molecular weight excluding hydrogens is 470 g/mol. The van der Waals surface area contributed by atoms with E-state index in [1.807, 2.05) is 54.6 Å². The number of ether oxygens (including phenoxy) is 1. The summed E-state index contributed by atoms with van der Waals surface area (Å²) in [6.07, 6.45) is 0. The largest absolute Gasteiger partial charge is 0.496 e. The van der Waals surface area contributed by atoms with Crippen molar-refractivity contribution in [1.82, 2.24) is 16.0 Å². The summed E-state index contributed by atoms with van der Waals surface area (Å²) in [5, 5.41) is 17.5. The molecule has 0 aromatic heterocycles. The van der Waals surface area contributed by atoms with Gasteiger partial charge in [0.2, 0.25) is 5.91 Å². The zero-order chi connectivity index (χ0) is 26.5. The molecule has 1 atom stereocenters. The van der Waals surface area contributed by atoms with Crippen LogP contribution in [0.3, 0.4) is 0 Å². The van der Waals surface area contributed by atoms with E-state index in [1.165, 1.54) is 0 Å². The molecule has 0 aliphatic carbocycles. The van der Waals surface area contributed by atoms with Gasteiger partial charge in [0, 0.05) is 35.3 Å². The van der Waals surface area contributed by atoms with E-state index in [-0.39, 0.29) is 19.0 Å². The predicted octanol–water partition coefficient (Wildman–Crippen LogP) is 1.66. The molecule has 8 heteroatoms. The van der Waals surface area contributed by atoms with Gasteiger partial charge in [0.15, 0.2) is 5.78 Å². The third-order valence-electron chi connectivity index (χ3n) is 5.42. The number of nitrogens with one attached hydrogen (secondary N) is 3. The molecule has 0 fully saturated rings. The van der Waals surface area contributed by atoms with Gasteiger partial charge in [0.05, 0.1) is 13.7 Å². The fourth-order valence-electron chi connectivity index (χ4n) is 3.41. The van der Waals surface area contributed by atoms with Crippen molar-refractivity contribution in [1.29, 1.82) is 0 Å². The first-order chi connectivity index (χ1) is 18.0. The minimum Gasteiger partial charge on any atom is -0.496 e. The van der Waals surface area contributed by atoms with Gasteiger partial charge in [-0.25, -0.2) is 0 Å². The lowest BCUT2D eigenvalue weighted by Crippen LogP contribution is -2.50. The SMILES string of the molecule is COc1ccccc1CNCC(=O)NC[C@H](NC(=O)c1ccc(C#Cc2ccccc2)cc1)C(=O)CO. The van der Waals surface area contributed by atoms with Crippen molar-refractivity contribution in [3.63, 3.8) is 0 Å². The number of aliphatic hydroxyl groups excluding tert-OH is 1. The van der Waals surface area contributed by atoms with Crippen LogP contribution in [-0.4, -0.2) is 55.6 Å². The lowest BCUT2D eigenvalue weighted by Gasteiger charge is -2.18. The van der Waals surface area contributed by atoms with Gasteiger partial charge in [-0.2, -0.15) is 0 Å². The first-order valence-electron chi connectivity index (χ1n) is 11.7. The first-order valence-corrected chi connectivity index (χ1v) is 11.7. The highest BCUT2D eigenvalue weighted by molar-refractivity contribution is 5.98. The number of amides is 2. The molecule has 8 nitrogen and oxygen atoms in total. The van der Waals surface area contributed by atoms with E-state index in [0.717, 1.165) is 16.7 Å². The molecule has 0 saturated heterocycles. The number of carbonyl (C=O) groups excluding carboxylic acids is 3. The third kappa shape index (κ3) is 8.61. The Morgan fingerprint density at radius 3 is 2.22 bits per heavy atom. The molecule has 3 rings (SSSR count). The number of ketones is 1. The lowest BCUT2D eigenvalue weighted by molar-refractivity contribution is -0.124. The van der Waals surface area contributed by atoms with Crippen LogP contribution in [-0.2, 0) is 16.1 Å². The van der Waals surface area contributed by atoms with Crippen LogP contribution < -0.4 is 20.7 Å². The van der Waals surface area contributed by atoms with Crippen molar-refractivity contribution in [2.75, 3.05) is 26.8 Å². The van der Waals surface area contributed by atoms with E-state index in [4.69, 9.17) is 4.74 Å². The van der Waals surface area contributed by atoms with Crippen molar-refractivity contribution in [2.45, 2.75) is 12.6 Å². The average Bonchev–Trinajstić information content (AvgIpc) is 2.94. The van der Waals surface area contributed by atoms with Crippen molar-refractivity contribution in [3.05, 3.63) is 101 Å². The molecule has 4 N–H and O–H groups in total. The highest BCUT2D eigenvalue weighted by Crippen LogP contribution is 2.16. The van der Waals surface area contributed by atoms with E-state index in [1.54, 1.807) is 31.4 Å². The van der Waals surface area contributed by atoms with Gasteiger partial charge in [0.25, 0.3) is 5.91 Å². The molecule has 0 unspecified atom stereocenters. The maximum atomic E-state index is 12.7. The monoisotopic (exact) mass is 499 g/mol. The summed E-state index contributed by atoms with van der Waals surface area (Å²) in [6, 6.07) is 22.5. The third-order valence-corrected chi connectivity index (χ3v) is 5.42. The molecule has 190 valence electrons. The summed E-state index contributed by atoms with van der Waals surface area (Å²) < 4.78 is 5.28. The minimum atomic E-state index is -1.08. The number of hydrogen-bond donors (Lipinski definition) is 4. The van der Waals surface area contributed by atoms with Crippen LogP contribution in [0.5, 0.6) is 5.75 Å². The number of methoxy groups -OCH3 is 1. The molecule has 0 spiro atoms.